The molecule has 0 bridgehead atoms. The van der Waals surface area contributed by atoms with E-state index in [2.05, 4.69) is 15.3 Å². The van der Waals surface area contributed by atoms with Crippen LogP contribution in [0.5, 0.6) is 0 Å². The van der Waals surface area contributed by atoms with Crippen LogP contribution in [-0.4, -0.2) is 44.0 Å². The molecular weight excluding hydrogens is 436 g/mol. The molecule has 0 radical (unpaired) electrons. The number of aliphatic hydroxyl groups excluding tert-OH is 1. The van der Waals surface area contributed by atoms with Gasteiger partial charge in [0.1, 0.15) is 12.8 Å². The quantitative estimate of drug-likeness (QED) is 0.381. The first-order valence-corrected chi connectivity index (χ1v) is 10.7. The van der Waals surface area contributed by atoms with E-state index >= 15 is 0 Å². The van der Waals surface area contributed by atoms with E-state index in [0.29, 0.717) is 28.8 Å². The Hall–Kier alpha value is -4.18. The van der Waals surface area contributed by atoms with Gasteiger partial charge in [-0.1, -0.05) is 18.2 Å². The van der Waals surface area contributed by atoms with Crippen molar-refractivity contribution < 1.29 is 14.7 Å². The number of hydrogen-bond acceptors (Lipinski definition) is 7. The number of carbonyl (C=O) groups is 1. The van der Waals surface area contributed by atoms with Crippen LogP contribution in [-0.2, 0) is 13.5 Å². The Balaban J connectivity index is 1.84. The third-order valence-corrected chi connectivity index (χ3v) is 5.82. The Morgan fingerprint density at radius 3 is 2.56 bits per heavy atom. The molecule has 34 heavy (non-hydrogen) atoms. The fourth-order valence-corrected chi connectivity index (χ4v) is 4.24. The Morgan fingerprint density at radius 1 is 1.24 bits per heavy atom. The summed E-state index contributed by atoms with van der Waals surface area (Å²) in [4.78, 5) is 39.6. The number of hydrogen-bond donors (Lipinski definition) is 3. The van der Waals surface area contributed by atoms with Crippen LogP contribution in [0.1, 0.15) is 27.3 Å². The molecule has 0 saturated heterocycles. The molecule has 4 rings (SSSR count). The van der Waals surface area contributed by atoms with Gasteiger partial charge in [-0.25, -0.2) is 4.98 Å². The number of aryl methyl sites for hydroxylation is 2. The number of anilines is 2. The molecule has 3 aromatic heterocycles. The number of aromatic nitrogens is 4. The number of benzene rings is 1. The molecule has 0 spiro atoms. The van der Waals surface area contributed by atoms with Gasteiger partial charge in [0, 0.05) is 37.4 Å². The lowest BCUT2D eigenvalue weighted by Gasteiger charge is -2.14. The highest BCUT2D eigenvalue weighted by atomic mass is 16.6. The Kier molecular flexibility index (Phi) is 6.08. The second-order valence-corrected chi connectivity index (χ2v) is 8.00. The molecule has 0 atom stereocenters. The van der Waals surface area contributed by atoms with Crippen molar-refractivity contribution in [2.45, 2.75) is 20.3 Å². The predicted octanol–water partition coefficient (Wildman–Crippen LogP) is 1.85. The first-order valence-electron chi connectivity index (χ1n) is 10.7. The standard InChI is InChI=1S/C24H26N6O4/c1-13-6-5-7-14(2)19(13)17-10-15-12-26-24(28-22(15)30(34-4)23(17)33)27-18-11-16(8-9-31)29(3)20(18)21(25)32/h5-7,10-12,31H,8-9H2,1-4H3,(H2,25,32)(H,26,27,28). The normalized spacial score (nSPS) is 11.1. The zero-order valence-electron chi connectivity index (χ0n) is 19.4. The molecule has 4 aromatic rings. The SMILES string of the molecule is COn1c(=O)c(-c2c(C)cccc2C)cc2cnc(Nc3cc(CCO)n(C)c3C(N)=O)nc21. The van der Waals surface area contributed by atoms with Gasteiger partial charge in [0.25, 0.3) is 11.5 Å². The molecule has 3 heterocycles. The molecule has 0 aliphatic carbocycles. The summed E-state index contributed by atoms with van der Waals surface area (Å²) in [7, 11) is 3.09. The summed E-state index contributed by atoms with van der Waals surface area (Å²) < 4.78 is 2.74. The molecule has 1 amide bonds. The maximum absolute atomic E-state index is 13.3. The first-order chi connectivity index (χ1) is 16.3. The van der Waals surface area contributed by atoms with Gasteiger partial charge in [0.15, 0.2) is 5.65 Å². The third-order valence-electron chi connectivity index (χ3n) is 5.82. The second-order valence-electron chi connectivity index (χ2n) is 8.00. The van der Waals surface area contributed by atoms with Gasteiger partial charge in [-0.2, -0.15) is 4.98 Å². The third kappa shape index (κ3) is 3.88. The van der Waals surface area contributed by atoms with Crippen LogP contribution in [0, 0.1) is 13.8 Å². The highest BCUT2D eigenvalue weighted by Gasteiger charge is 2.20. The average molecular weight is 463 g/mol. The number of aliphatic hydroxyl groups is 1. The summed E-state index contributed by atoms with van der Waals surface area (Å²) in [5.41, 5.74) is 10.1. The fraction of sp³-hybridized carbons (Fsp3) is 0.250. The van der Waals surface area contributed by atoms with Crippen molar-refractivity contribution in [2.75, 3.05) is 19.0 Å². The summed E-state index contributed by atoms with van der Waals surface area (Å²) in [5, 5.41) is 12.9. The van der Waals surface area contributed by atoms with Gasteiger partial charge in [0.05, 0.1) is 11.3 Å². The van der Waals surface area contributed by atoms with E-state index in [-0.39, 0.29) is 29.5 Å². The number of nitrogens with two attached hydrogens (primary N) is 1. The van der Waals surface area contributed by atoms with Gasteiger partial charge in [-0.05, 0) is 42.7 Å². The minimum atomic E-state index is -0.637. The van der Waals surface area contributed by atoms with Crippen molar-refractivity contribution >= 4 is 28.6 Å². The van der Waals surface area contributed by atoms with Crippen molar-refractivity contribution in [1.82, 2.24) is 19.3 Å². The minimum Gasteiger partial charge on any atom is -0.412 e. The van der Waals surface area contributed by atoms with Crippen LogP contribution in [0.2, 0.25) is 0 Å². The van der Waals surface area contributed by atoms with E-state index in [0.717, 1.165) is 21.4 Å². The smallest absolute Gasteiger partial charge is 0.292 e. The van der Waals surface area contributed by atoms with Gasteiger partial charge < -0.3 is 25.6 Å². The number of nitrogens with one attached hydrogen (secondary N) is 1. The molecule has 10 nitrogen and oxygen atoms in total. The molecule has 4 N–H and O–H groups in total. The van der Waals surface area contributed by atoms with Crippen molar-refractivity contribution in [1.29, 1.82) is 0 Å². The predicted molar refractivity (Wildman–Crippen MR) is 129 cm³/mol. The van der Waals surface area contributed by atoms with Crippen molar-refractivity contribution in [2.24, 2.45) is 12.8 Å². The maximum Gasteiger partial charge on any atom is 0.292 e. The van der Waals surface area contributed by atoms with Gasteiger partial charge in [0.2, 0.25) is 5.95 Å². The number of rotatable bonds is 7. The molecule has 0 aliphatic heterocycles. The zero-order valence-corrected chi connectivity index (χ0v) is 19.4. The van der Waals surface area contributed by atoms with E-state index in [1.165, 1.54) is 7.11 Å². The highest BCUT2D eigenvalue weighted by molar-refractivity contribution is 5.98. The van der Waals surface area contributed by atoms with Gasteiger partial charge in [-0.3, -0.25) is 9.59 Å². The van der Waals surface area contributed by atoms with Gasteiger partial charge in [-0.15, -0.1) is 4.73 Å². The van der Waals surface area contributed by atoms with Crippen molar-refractivity contribution in [3.05, 3.63) is 69.4 Å². The molecule has 0 unspecified atom stereocenters. The van der Waals surface area contributed by atoms with E-state index in [1.807, 2.05) is 32.0 Å². The lowest BCUT2D eigenvalue weighted by Crippen LogP contribution is -2.27. The largest absolute Gasteiger partial charge is 0.412 e. The van der Waals surface area contributed by atoms with Crippen molar-refractivity contribution in [3.8, 4) is 11.1 Å². The number of primary amides is 1. The first kappa shape index (κ1) is 23.0. The zero-order chi connectivity index (χ0) is 24.6. The summed E-state index contributed by atoms with van der Waals surface area (Å²) >= 11 is 0. The summed E-state index contributed by atoms with van der Waals surface area (Å²) in [6.07, 6.45) is 1.93. The van der Waals surface area contributed by atoms with Crippen LogP contribution < -0.4 is 21.4 Å². The molecule has 176 valence electrons. The van der Waals surface area contributed by atoms with Gasteiger partial charge >= 0.3 is 0 Å². The van der Waals surface area contributed by atoms with E-state index in [1.54, 1.807) is 29.9 Å². The molecule has 10 heteroatoms. The van der Waals surface area contributed by atoms with Crippen LogP contribution in [0.3, 0.4) is 0 Å². The molecule has 0 fully saturated rings. The number of carbonyl (C=O) groups excluding carboxylic acids is 1. The highest BCUT2D eigenvalue weighted by Crippen LogP contribution is 2.28. The Labute approximate surface area is 195 Å². The lowest BCUT2D eigenvalue weighted by molar-refractivity contribution is 0.0993. The number of fused-ring (bicyclic) bond motifs is 1. The maximum atomic E-state index is 13.3. The summed E-state index contributed by atoms with van der Waals surface area (Å²) in [6, 6.07) is 9.31. The Bertz CT molecular complexity index is 1450. The van der Waals surface area contributed by atoms with Crippen LogP contribution in [0.4, 0.5) is 11.6 Å². The topological polar surface area (TPSA) is 137 Å². The average Bonchev–Trinajstić information content (AvgIpc) is 3.09. The molecule has 0 aliphatic rings. The Morgan fingerprint density at radius 2 is 1.94 bits per heavy atom. The van der Waals surface area contributed by atoms with E-state index in [9.17, 15) is 14.7 Å². The summed E-state index contributed by atoms with van der Waals surface area (Å²) in [5.74, 6) is -0.483. The molecule has 1 aromatic carbocycles. The number of amides is 1. The monoisotopic (exact) mass is 462 g/mol. The fourth-order valence-electron chi connectivity index (χ4n) is 4.24. The van der Waals surface area contributed by atoms with Crippen LogP contribution >= 0.6 is 0 Å². The molecule has 0 saturated carbocycles. The molecular formula is C24H26N6O4. The van der Waals surface area contributed by atoms with Crippen LogP contribution in [0.15, 0.2) is 41.3 Å². The second kappa shape index (κ2) is 8.99. The van der Waals surface area contributed by atoms with E-state index in [4.69, 9.17) is 10.6 Å². The van der Waals surface area contributed by atoms with Crippen LogP contribution in [0.25, 0.3) is 22.2 Å². The number of pyridine rings is 1. The van der Waals surface area contributed by atoms with E-state index < -0.39 is 5.91 Å². The lowest BCUT2D eigenvalue weighted by atomic mass is 9.96. The number of nitrogens with zero attached hydrogens (tertiary/aromatic N) is 4. The van der Waals surface area contributed by atoms with Crippen molar-refractivity contribution in [3.63, 3.8) is 0 Å². The minimum absolute atomic E-state index is 0.0786. The summed E-state index contributed by atoms with van der Waals surface area (Å²) in [6.45, 7) is 3.83.